The molecule has 0 unspecified atom stereocenters. The highest BCUT2D eigenvalue weighted by atomic mass is 32.2. The second kappa shape index (κ2) is 11.9. The molecule has 0 amide bonds. The maximum atomic E-state index is 15.0. The first-order valence-electron chi connectivity index (χ1n) is 13.1. The first-order chi connectivity index (χ1) is 21.4. The Hall–Kier alpha value is -4.15. The van der Waals surface area contributed by atoms with Gasteiger partial charge in [-0.1, -0.05) is 18.2 Å². The zero-order valence-electron chi connectivity index (χ0n) is 24.0. The Bertz CT molecular complexity index is 2050. The van der Waals surface area contributed by atoms with Gasteiger partial charge in [0.2, 0.25) is 0 Å². The molecule has 46 heavy (non-hydrogen) atoms. The minimum absolute atomic E-state index is 0.0469. The molecule has 0 spiro atoms. The maximum absolute atomic E-state index is 15.0. The third-order valence-corrected chi connectivity index (χ3v) is 8.72. The molecule has 16 heteroatoms. The van der Waals surface area contributed by atoms with Gasteiger partial charge in [-0.2, -0.15) is 26.3 Å². The van der Waals surface area contributed by atoms with E-state index in [1.54, 1.807) is 0 Å². The highest BCUT2D eigenvalue weighted by Gasteiger charge is 2.35. The number of thioether (sulfide) groups is 1. The fourth-order valence-electron chi connectivity index (χ4n) is 4.84. The van der Waals surface area contributed by atoms with Crippen molar-refractivity contribution in [2.75, 3.05) is 6.26 Å². The lowest BCUT2D eigenvalue weighted by molar-refractivity contribution is -0.141. The van der Waals surface area contributed by atoms with E-state index >= 15 is 4.39 Å². The Morgan fingerprint density at radius 1 is 0.913 bits per heavy atom. The Morgan fingerprint density at radius 2 is 1.57 bits per heavy atom. The molecule has 242 valence electrons. The molecule has 0 bridgehead atoms. The number of halogens is 7. The molecule has 1 N–H and O–H groups in total. The number of hydrogen-bond acceptors (Lipinski definition) is 7. The molecule has 2 aromatic heterocycles. The molecule has 3 aromatic carbocycles. The molecule has 7 nitrogen and oxygen atoms in total. The van der Waals surface area contributed by atoms with Gasteiger partial charge < -0.3 is 14.1 Å². The van der Waals surface area contributed by atoms with Gasteiger partial charge in [-0.25, -0.2) is 22.8 Å². The average molecular weight is 686 g/mol. The molecular weight excluding hydrogens is 663 g/mol. The van der Waals surface area contributed by atoms with E-state index in [1.807, 2.05) is 0 Å². The van der Waals surface area contributed by atoms with Gasteiger partial charge in [-0.15, -0.1) is 0 Å². The number of aliphatic hydroxyl groups excluding tert-OH is 1. The van der Waals surface area contributed by atoms with Gasteiger partial charge in [0.25, 0.3) is 0 Å². The highest BCUT2D eigenvalue weighted by Crippen LogP contribution is 2.42. The van der Waals surface area contributed by atoms with Crippen molar-refractivity contribution in [1.82, 2.24) is 14.5 Å². The number of imidazole rings is 1. The lowest BCUT2D eigenvalue weighted by Crippen LogP contribution is -2.06. The molecule has 0 aliphatic heterocycles. The topological polar surface area (TPSA) is 98.2 Å². The molecule has 0 aliphatic carbocycles. The number of benzene rings is 3. The van der Waals surface area contributed by atoms with Gasteiger partial charge in [0.1, 0.15) is 17.3 Å². The number of oxazole rings is 1. The predicted octanol–water partition coefficient (Wildman–Crippen LogP) is 8.14. The monoisotopic (exact) mass is 685 g/mol. The third-order valence-electron chi connectivity index (χ3n) is 6.81. The fraction of sp³-hybridized carbons (Fsp3) is 0.200. The number of aliphatic hydroxyl groups is 1. The summed E-state index contributed by atoms with van der Waals surface area (Å²) in [6.45, 7) is 1.96. The molecule has 2 heterocycles. The van der Waals surface area contributed by atoms with E-state index in [0.29, 0.717) is 5.56 Å². The van der Waals surface area contributed by atoms with Crippen molar-refractivity contribution < 1.29 is 48.7 Å². The summed E-state index contributed by atoms with van der Waals surface area (Å²) in [4.78, 5) is 7.51. The van der Waals surface area contributed by atoms with Crippen LogP contribution >= 0.6 is 11.8 Å². The standard InChI is InChI=1S/C30H22F7N3O4S2/c1-15-38-26(29(32,33)34)13-40(15)24-9-6-18(19-11-23(31)22(14-41)25(12-19)46(3,42)43)10-21(24)27-28(44-16(2)39-27)17-4-7-20(8-5-17)45-30(35,36)37/h4-13,41H,14H2,1-3H3. The number of sulfone groups is 1. The smallest absolute Gasteiger partial charge is 0.440 e. The van der Waals surface area contributed by atoms with Crippen LogP contribution in [0, 0.1) is 19.7 Å². The molecule has 5 rings (SSSR count). The summed E-state index contributed by atoms with van der Waals surface area (Å²) in [6.07, 6.45) is -3.14. The van der Waals surface area contributed by atoms with E-state index in [2.05, 4.69) is 9.97 Å². The van der Waals surface area contributed by atoms with Crippen LogP contribution < -0.4 is 0 Å². The number of aromatic nitrogens is 3. The van der Waals surface area contributed by atoms with E-state index in [4.69, 9.17) is 4.42 Å². The van der Waals surface area contributed by atoms with Crippen LogP contribution in [0.2, 0.25) is 0 Å². The van der Waals surface area contributed by atoms with Crippen LogP contribution in [0.25, 0.3) is 39.4 Å². The number of aryl methyl sites for hydroxylation is 2. The van der Waals surface area contributed by atoms with Crippen LogP contribution in [0.4, 0.5) is 30.7 Å². The quantitative estimate of drug-likeness (QED) is 0.136. The summed E-state index contributed by atoms with van der Waals surface area (Å²) in [7, 11) is -4.00. The Kier molecular flexibility index (Phi) is 8.59. The van der Waals surface area contributed by atoms with Crippen molar-refractivity contribution in [1.29, 1.82) is 0 Å². The SMILES string of the molecule is Cc1nc(-c2cc(-c3cc(F)c(CO)c(S(C)(=O)=O)c3)ccc2-n2cc(C(F)(F)F)nc2C)c(-c2ccc(SC(F)(F)F)cc2)o1. The van der Waals surface area contributed by atoms with Gasteiger partial charge in [0.05, 0.1) is 17.2 Å². The Balaban J connectivity index is 1.76. The van der Waals surface area contributed by atoms with Crippen molar-refractivity contribution in [3.05, 3.63) is 89.6 Å². The fourth-order valence-corrected chi connectivity index (χ4v) is 6.33. The van der Waals surface area contributed by atoms with E-state index in [0.717, 1.165) is 23.1 Å². The van der Waals surface area contributed by atoms with Gasteiger partial charge >= 0.3 is 11.7 Å². The van der Waals surface area contributed by atoms with Gasteiger partial charge in [0.15, 0.2) is 27.2 Å². The third kappa shape index (κ3) is 6.83. The van der Waals surface area contributed by atoms with E-state index < -0.39 is 50.1 Å². The van der Waals surface area contributed by atoms with E-state index in [9.17, 15) is 39.9 Å². The first-order valence-corrected chi connectivity index (χ1v) is 15.8. The summed E-state index contributed by atoms with van der Waals surface area (Å²) in [5, 5.41) is 9.61. The largest absolute Gasteiger partial charge is 0.446 e. The Morgan fingerprint density at radius 3 is 2.13 bits per heavy atom. The van der Waals surface area contributed by atoms with Gasteiger partial charge in [-0.05, 0) is 66.2 Å². The van der Waals surface area contributed by atoms with Crippen LogP contribution in [-0.4, -0.2) is 39.8 Å². The predicted molar refractivity (Wildman–Crippen MR) is 155 cm³/mol. The van der Waals surface area contributed by atoms with Crippen LogP contribution in [0.5, 0.6) is 0 Å². The molecule has 0 saturated carbocycles. The zero-order chi connectivity index (χ0) is 33.8. The van der Waals surface area contributed by atoms with Crippen LogP contribution in [0.3, 0.4) is 0 Å². The molecular formula is C30H22F7N3O4S2. The van der Waals surface area contributed by atoms with Crippen molar-refractivity contribution >= 4 is 21.6 Å². The second-order valence-corrected chi connectivity index (χ2v) is 13.2. The van der Waals surface area contributed by atoms with Crippen LogP contribution in [-0.2, 0) is 22.6 Å². The second-order valence-electron chi connectivity index (χ2n) is 10.1. The highest BCUT2D eigenvalue weighted by molar-refractivity contribution is 8.00. The van der Waals surface area contributed by atoms with Gasteiger partial charge in [0, 0.05) is 41.0 Å². The van der Waals surface area contributed by atoms with Crippen molar-refractivity contribution in [3.63, 3.8) is 0 Å². The number of nitrogens with zero attached hydrogens (tertiary/aromatic N) is 3. The summed E-state index contributed by atoms with van der Waals surface area (Å²) in [6, 6.07) is 11.6. The lowest BCUT2D eigenvalue weighted by Gasteiger charge is -2.15. The van der Waals surface area contributed by atoms with E-state index in [1.165, 1.54) is 62.4 Å². The van der Waals surface area contributed by atoms with Crippen LogP contribution in [0.15, 0.2) is 75.0 Å². The molecule has 0 atom stereocenters. The minimum atomic E-state index is -4.77. The summed E-state index contributed by atoms with van der Waals surface area (Å²) in [5.41, 5.74) is -5.15. The number of hydrogen-bond donors (Lipinski definition) is 1. The van der Waals surface area contributed by atoms with E-state index in [-0.39, 0.29) is 62.2 Å². The number of rotatable bonds is 7. The molecule has 0 radical (unpaired) electrons. The molecule has 5 aromatic rings. The average Bonchev–Trinajstić information content (AvgIpc) is 3.54. The molecule has 0 aliphatic rings. The molecule has 0 saturated heterocycles. The number of alkyl halides is 6. The van der Waals surface area contributed by atoms with Crippen molar-refractivity contribution in [2.45, 2.75) is 41.9 Å². The summed E-state index contributed by atoms with van der Waals surface area (Å²) in [5.74, 6) is -0.853. The normalized spacial score (nSPS) is 12.6. The summed E-state index contributed by atoms with van der Waals surface area (Å²) >= 11 is -0.315. The van der Waals surface area contributed by atoms with Gasteiger partial charge in [-0.3, -0.25) is 0 Å². The van der Waals surface area contributed by atoms with Crippen molar-refractivity contribution in [2.24, 2.45) is 0 Å². The van der Waals surface area contributed by atoms with Crippen LogP contribution in [0.1, 0.15) is 23.0 Å². The maximum Gasteiger partial charge on any atom is 0.446 e. The minimum Gasteiger partial charge on any atom is -0.440 e. The zero-order valence-corrected chi connectivity index (χ0v) is 25.6. The Labute approximate surface area is 261 Å². The first kappa shape index (κ1) is 33.2. The summed E-state index contributed by atoms with van der Waals surface area (Å²) < 4.78 is 126. The van der Waals surface area contributed by atoms with Crippen molar-refractivity contribution in [3.8, 4) is 39.4 Å². The lowest BCUT2D eigenvalue weighted by atomic mass is 9.97. The molecule has 0 fully saturated rings.